The Hall–Kier alpha value is -4.22. The van der Waals surface area contributed by atoms with Crippen molar-refractivity contribution in [1.29, 1.82) is 0 Å². The molecule has 4 atom stereocenters. The summed E-state index contributed by atoms with van der Waals surface area (Å²) in [5.74, 6) is -3.80. The molecule has 0 unspecified atom stereocenters. The molecule has 2 aliphatic heterocycles. The van der Waals surface area contributed by atoms with E-state index in [2.05, 4.69) is 0 Å². The molecule has 37 heavy (non-hydrogen) atoms. The normalized spacial score (nSPS) is 24.3. The number of carbonyl (C=O) groups is 3. The fourth-order valence-corrected chi connectivity index (χ4v) is 6.42. The zero-order valence-electron chi connectivity index (χ0n) is 19.5. The maximum Gasteiger partial charge on any atom is 0.319 e. The molecule has 2 amide bonds. The smallest absolute Gasteiger partial charge is 0.319 e. The molecule has 6 heteroatoms. The molecule has 0 saturated carbocycles. The lowest BCUT2D eigenvalue weighted by Crippen LogP contribution is -2.42. The molecule has 0 N–H and O–H groups in total. The molecule has 1 saturated heterocycles. The van der Waals surface area contributed by atoms with Gasteiger partial charge in [-0.2, -0.15) is 0 Å². The summed E-state index contributed by atoms with van der Waals surface area (Å²) in [6.45, 7) is 0. The first-order chi connectivity index (χ1) is 18.0. The minimum absolute atomic E-state index is 0.301. The molecule has 180 valence electrons. The second-order valence-corrected chi connectivity index (χ2v) is 10.0. The molecule has 3 aliphatic rings. The van der Waals surface area contributed by atoms with E-state index in [4.69, 9.17) is 16.3 Å². The number of rotatable bonds is 2. The van der Waals surface area contributed by atoms with E-state index in [1.807, 2.05) is 66.7 Å². The van der Waals surface area contributed by atoms with Gasteiger partial charge in [0.2, 0.25) is 11.8 Å². The van der Waals surface area contributed by atoms with Crippen molar-refractivity contribution in [3.05, 3.63) is 113 Å². The van der Waals surface area contributed by atoms with Gasteiger partial charge >= 0.3 is 5.97 Å². The molecule has 2 heterocycles. The molecule has 4 aromatic carbocycles. The highest BCUT2D eigenvalue weighted by Gasteiger charge is 2.60. The number of esters is 1. The molecule has 0 radical (unpaired) electrons. The van der Waals surface area contributed by atoms with Gasteiger partial charge < -0.3 is 4.74 Å². The van der Waals surface area contributed by atoms with Crippen LogP contribution in [0.15, 0.2) is 97.1 Å². The van der Waals surface area contributed by atoms with Crippen molar-refractivity contribution in [2.75, 3.05) is 4.90 Å². The van der Waals surface area contributed by atoms with Crippen molar-refractivity contribution in [1.82, 2.24) is 0 Å². The van der Waals surface area contributed by atoms with E-state index in [0.29, 0.717) is 16.5 Å². The average Bonchev–Trinajstić information content (AvgIpc) is 3.18. The van der Waals surface area contributed by atoms with Crippen molar-refractivity contribution in [3.8, 4) is 5.75 Å². The lowest BCUT2D eigenvalue weighted by atomic mass is 9.64. The fourth-order valence-electron chi connectivity index (χ4n) is 6.20. The van der Waals surface area contributed by atoms with Crippen molar-refractivity contribution < 1.29 is 19.1 Å². The largest absolute Gasteiger partial charge is 0.425 e. The van der Waals surface area contributed by atoms with Crippen LogP contribution in [-0.2, 0) is 14.4 Å². The molecule has 0 aromatic heterocycles. The van der Waals surface area contributed by atoms with Crippen LogP contribution in [-0.4, -0.2) is 17.8 Å². The first-order valence-corrected chi connectivity index (χ1v) is 12.5. The summed E-state index contributed by atoms with van der Waals surface area (Å²) in [5.41, 5.74) is 2.78. The molecule has 5 nitrogen and oxygen atoms in total. The average molecular weight is 506 g/mol. The van der Waals surface area contributed by atoms with Gasteiger partial charge in [0.15, 0.2) is 0 Å². The lowest BCUT2D eigenvalue weighted by molar-refractivity contribution is -0.142. The van der Waals surface area contributed by atoms with Gasteiger partial charge in [-0.25, -0.2) is 4.90 Å². The first kappa shape index (κ1) is 22.0. The van der Waals surface area contributed by atoms with Crippen LogP contribution in [0.1, 0.15) is 17.0 Å². The third-order valence-corrected chi connectivity index (χ3v) is 8.08. The van der Waals surface area contributed by atoms with Crippen LogP contribution in [0.5, 0.6) is 5.75 Å². The number of imide groups is 1. The number of hydrogen-bond acceptors (Lipinski definition) is 4. The van der Waals surface area contributed by atoms with Crippen molar-refractivity contribution in [3.63, 3.8) is 0 Å². The second-order valence-electron chi connectivity index (χ2n) is 9.63. The number of para-hydroxylation sites is 1. The Balaban J connectivity index is 1.48. The highest BCUT2D eigenvalue weighted by Crippen LogP contribution is 2.56. The molecular formula is C31H20ClNO4. The van der Waals surface area contributed by atoms with Crippen LogP contribution >= 0.6 is 11.6 Å². The van der Waals surface area contributed by atoms with Gasteiger partial charge in [0, 0.05) is 11.5 Å². The SMILES string of the molecule is O=C1Oc2ccc3ccccc3c2C2=C[C@H](c3ccccc3)[C@@H]3C(=O)N(c4ccccc4Cl)C(=O)[C@@H]3[C@H]12. The van der Waals surface area contributed by atoms with Gasteiger partial charge in [-0.05, 0) is 40.1 Å². The van der Waals surface area contributed by atoms with Gasteiger partial charge in [-0.1, -0.05) is 90.5 Å². The minimum atomic E-state index is -0.909. The van der Waals surface area contributed by atoms with E-state index < -0.39 is 35.5 Å². The molecule has 1 aliphatic carbocycles. The standard InChI is InChI=1S/C31H20ClNO4/c32-22-12-6-7-13-23(22)33-29(34)26-20(17-8-2-1-3-9-17)16-21-25-19-11-5-4-10-18(19)14-15-24(25)37-31(36)27(21)28(26)30(33)35/h1-16,20,26-28H/t20-,26+,27-,28+/m1/s1. The van der Waals surface area contributed by atoms with E-state index in [-0.39, 0.29) is 5.91 Å². The third kappa shape index (κ3) is 3.14. The Kier molecular flexibility index (Phi) is 4.85. The predicted octanol–water partition coefficient (Wildman–Crippen LogP) is 6.02. The van der Waals surface area contributed by atoms with E-state index >= 15 is 0 Å². The molecular weight excluding hydrogens is 486 g/mol. The Morgan fingerprint density at radius 3 is 2.24 bits per heavy atom. The van der Waals surface area contributed by atoms with Gasteiger partial charge in [0.1, 0.15) is 5.75 Å². The number of halogens is 1. The molecule has 4 aromatic rings. The summed E-state index contributed by atoms with van der Waals surface area (Å²) in [6.07, 6.45) is 2.01. The number of carbonyl (C=O) groups excluding carboxylic acids is 3. The van der Waals surface area contributed by atoms with Gasteiger partial charge in [0.05, 0.1) is 28.5 Å². The Morgan fingerprint density at radius 2 is 1.43 bits per heavy atom. The number of allylic oxidation sites excluding steroid dienone is 1. The summed E-state index contributed by atoms with van der Waals surface area (Å²) in [6, 6.07) is 28.1. The molecule has 7 rings (SSSR count). The number of ether oxygens (including phenoxy) is 1. The second kappa shape index (κ2) is 8.15. The van der Waals surface area contributed by atoms with Crippen molar-refractivity contribution in [2.24, 2.45) is 17.8 Å². The Morgan fingerprint density at radius 1 is 0.730 bits per heavy atom. The summed E-state index contributed by atoms with van der Waals surface area (Å²) < 4.78 is 5.82. The first-order valence-electron chi connectivity index (χ1n) is 12.2. The summed E-state index contributed by atoms with van der Waals surface area (Å²) in [4.78, 5) is 42.7. The monoisotopic (exact) mass is 505 g/mol. The predicted molar refractivity (Wildman–Crippen MR) is 141 cm³/mol. The van der Waals surface area contributed by atoms with Gasteiger partial charge in [-0.3, -0.25) is 14.4 Å². The lowest BCUT2D eigenvalue weighted by Gasteiger charge is -2.38. The summed E-state index contributed by atoms with van der Waals surface area (Å²) in [5, 5.41) is 2.24. The van der Waals surface area contributed by atoms with Gasteiger partial charge in [0.25, 0.3) is 0 Å². The topological polar surface area (TPSA) is 63.7 Å². The van der Waals surface area contributed by atoms with Crippen LogP contribution in [0.4, 0.5) is 5.69 Å². The quantitative estimate of drug-likeness (QED) is 0.190. The van der Waals surface area contributed by atoms with Crippen molar-refractivity contribution in [2.45, 2.75) is 5.92 Å². The van der Waals surface area contributed by atoms with Crippen LogP contribution in [0, 0.1) is 17.8 Å². The van der Waals surface area contributed by atoms with Crippen LogP contribution < -0.4 is 9.64 Å². The number of benzene rings is 4. The Bertz CT molecular complexity index is 1660. The maximum absolute atomic E-state index is 14.1. The van der Waals surface area contributed by atoms with E-state index in [1.165, 1.54) is 0 Å². The van der Waals surface area contributed by atoms with E-state index in [1.54, 1.807) is 30.3 Å². The number of hydrogen-bond donors (Lipinski definition) is 0. The summed E-state index contributed by atoms with van der Waals surface area (Å²) >= 11 is 6.43. The third-order valence-electron chi connectivity index (χ3n) is 7.76. The molecule has 0 spiro atoms. The minimum Gasteiger partial charge on any atom is -0.425 e. The number of fused-ring (bicyclic) bond motifs is 7. The zero-order chi connectivity index (χ0) is 25.3. The van der Waals surface area contributed by atoms with Crippen LogP contribution in [0.25, 0.3) is 16.3 Å². The van der Waals surface area contributed by atoms with E-state index in [0.717, 1.165) is 32.4 Å². The van der Waals surface area contributed by atoms with Crippen LogP contribution in [0.2, 0.25) is 5.02 Å². The van der Waals surface area contributed by atoms with Crippen molar-refractivity contribution >= 4 is 51.4 Å². The number of anilines is 1. The molecule has 0 bridgehead atoms. The van der Waals surface area contributed by atoms with Gasteiger partial charge in [-0.15, -0.1) is 0 Å². The Labute approximate surface area is 217 Å². The zero-order valence-corrected chi connectivity index (χ0v) is 20.3. The number of amides is 2. The summed E-state index contributed by atoms with van der Waals surface area (Å²) in [7, 11) is 0. The van der Waals surface area contributed by atoms with E-state index in [9.17, 15) is 14.4 Å². The van der Waals surface area contributed by atoms with Crippen LogP contribution in [0.3, 0.4) is 0 Å². The maximum atomic E-state index is 14.1. The number of nitrogens with zero attached hydrogens (tertiary/aromatic N) is 1. The molecule has 1 fully saturated rings. The highest BCUT2D eigenvalue weighted by molar-refractivity contribution is 6.36. The fraction of sp³-hybridized carbons (Fsp3) is 0.129. The highest BCUT2D eigenvalue weighted by atomic mass is 35.5.